The third-order valence-electron chi connectivity index (χ3n) is 2.88. The number of rotatable bonds is 4. The summed E-state index contributed by atoms with van der Waals surface area (Å²) < 4.78 is 38.5. The van der Waals surface area contributed by atoms with E-state index in [9.17, 15) is 8.42 Å². The van der Waals surface area contributed by atoms with E-state index in [1.165, 1.54) is 6.07 Å². The summed E-state index contributed by atoms with van der Waals surface area (Å²) in [4.78, 5) is 0. The predicted molar refractivity (Wildman–Crippen MR) is 80.9 cm³/mol. The number of thiophene rings is 1. The largest absolute Gasteiger partial charge is 0.486 e. The monoisotopic (exact) mass is 345 g/mol. The molecule has 1 unspecified atom stereocenters. The summed E-state index contributed by atoms with van der Waals surface area (Å²) >= 11 is 6.77. The number of hydrogen-bond acceptors (Lipinski definition) is 5. The fourth-order valence-electron chi connectivity index (χ4n) is 1.88. The summed E-state index contributed by atoms with van der Waals surface area (Å²) in [6.07, 6.45) is -0.370. The maximum Gasteiger partial charge on any atom is 0.250 e. The molecule has 1 aliphatic heterocycles. The van der Waals surface area contributed by atoms with Crippen LogP contribution in [-0.2, 0) is 10.0 Å². The average molecular weight is 346 g/mol. The van der Waals surface area contributed by atoms with Gasteiger partial charge in [0.25, 0.3) is 0 Å². The number of fused-ring (bicyclic) bond motifs is 1. The molecule has 0 bridgehead atoms. The molecule has 21 heavy (non-hydrogen) atoms. The van der Waals surface area contributed by atoms with Crippen molar-refractivity contribution in [3.8, 4) is 11.5 Å². The van der Waals surface area contributed by atoms with E-state index in [-0.39, 0.29) is 16.9 Å². The van der Waals surface area contributed by atoms with Crippen LogP contribution in [0.1, 0.15) is 0 Å². The maximum absolute atomic E-state index is 12.1. The van der Waals surface area contributed by atoms with Crippen molar-refractivity contribution in [2.24, 2.45) is 0 Å². The number of benzene rings is 1. The highest BCUT2D eigenvalue weighted by molar-refractivity contribution is 7.91. The summed E-state index contributed by atoms with van der Waals surface area (Å²) in [5.74, 6) is 1.29. The van der Waals surface area contributed by atoms with Crippen molar-refractivity contribution in [2.75, 3.05) is 13.2 Å². The van der Waals surface area contributed by atoms with Gasteiger partial charge in [0.05, 0.1) is 10.9 Å². The second kappa shape index (κ2) is 5.84. The van der Waals surface area contributed by atoms with Crippen LogP contribution in [0.5, 0.6) is 11.5 Å². The van der Waals surface area contributed by atoms with Gasteiger partial charge in [0, 0.05) is 0 Å². The van der Waals surface area contributed by atoms with Crippen LogP contribution >= 0.6 is 22.9 Å². The number of ether oxygens (including phenoxy) is 2. The zero-order valence-corrected chi connectivity index (χ0v) is 13.2. The number of para-hydroxylation sites is 2. The van der Waals surface area contributed by atoms with Crippen LogP contribution in [0.15, 0.2) is 40.6 Å². The zero-order valence-electron chi connectivity index (χ0n) is 10.8. The Morgan fingerprint density at radius 3 is 2.71 bits per heavy atom. The predicted octanol–water partition coefficient (Wildman–Crippen LogP) is 2.52. The van der Waals surface area contributed by atoms with E-state index < -0.39 is 10.0 Å². The van der Waals surface area contributed by atoms with Gasteiger partial charge in [-0.15, -0.1) is 11.3 Å². The lowest BCUT2D eigenvalue weighted by Gasteiger charge is -2.26. The van der Waals surface area contributed by atoms with Crippen LogP contribution < -0.4 is 14.2 Å². The van der Waals surface area contributed by atoms with Crippen molar-refractivity contribution >= 4 is 33.0 Å². The fourth-order valence-corrected chi connectivity index (χ4v) is 4.47. The van der Waals surface area contributed by atoms with Crippen LogP contribution in [-0.4, -0.2) is 27.7 Å². The van der Waals surface area contributed by atoms with E-state index in [4.69, 9.17) is 21.1 Å². The normalized spacial score (nSPS) is 17.7. The summed E-state index contributed by atoms with van der Waals surface area (Å²) in [6.45, 7) is 0.427. The van der Waals surface area contributed by atoms with E-state index in [1.807, 2.05) is 18.2 Å². The SMILES string of the molecule is O=S(=O)(NCC1COc2ccccc2O1)c1ccc(Cl)s1. The van der Waals surface area contributed by atoms with Crippen molar-refractivity contribution in [3.63, 3.8) is 0 Å². The molecule has 1 atom stereocenters. The van der Waals surface area contributed by atoms with E-state index in [0.717, 1.165) is 11.3 Å². The molecule has 0 fully saturated rings. The second-order valence-corrected chi connectivity index (χ2v) is 8.12. The van der Waals surface area contributed by atoms with Crippen molar-refractivity contribution < 1.29 is 17.9 Å². The number of nitrogens with one attached hydrogen (secondary N) is 1. The first-order valence-electron chi connectivity index (χ1n) is 6.18. The third-order valence-corrected chi connectivity index (χ3v) is 6.03. The third kappa shape index (κ3) is 3.32. The maximum atomic E-state index is 12.1. The van der Waals surface area contributed by atoms with Crippen LogP contribution in [0.3, 0.4) is 0 Å². The summed E-state index contributed by atoms with van der Waals surface area (Å²) in [7, 11) is -3.57. The van der Waals surface area contributed by atoms with Gasteiger partial charge in [0.15, 0.2) is 11.5 Å². The Morgan fingerprint density at radius 1 is 1.24 bits per heavy atom. The summed E-state index contributed by atoms with van der Waals surface area (Å²) in [6, 6.07) is 10.3. The van der Waals surface area contributed by atoms with E-state index in [1.54, 1.807) is 12.1 Å². The Kier molecular flexibility index (Phi) is 4.08. The van der Waals surface area contributed by atoms with E-state index in [2.05, 4.69) is 4.72 Å². The van der Waals surface area contributed by atoms with Crippen molar-refractivity contribution in [1.82, 2.24) is 4.72 Å². The minimum Gasteiger partial charge on any atom is -0.486 e. The van der Waals surface area contributed by atoms with Crippen LogP contribution in [0.25, 0.3) is 0 Å². The minimum absolute atomic E-state index is 0.131. The molecular weight excluding hydrogens is 334 g/mol. The molecule has 2 aromatic rings. The van der Waals surface area contributed by atoms with Crippen LogP contribution in [0.2, 0.25) is 4.34 Å². The topological polar surface area (TPSA) is 64.6 Å². The second-order valence-electron chi connectivity index (χ2n) is 4.41. The van der Waals surface area contributed by atoms with Crippen molar-refractivity contribution in [2.45, 2.75) is 10.3 Å². The van der Waals surface area contributed by atoms with Gasteiger partial charge in [0.1, 0.15) is 16.9 Å². The van der Waals surface area contributed by atoms with Gasteiger partial charge in [-0.3, -0.25) is 0 Å². The molecular formula is C13H12ClNO4S2. The lowest BCUT2D eigenvalue weighted by atomic mass is 10.2. The van der Waals surface area contributed by atoms with Gasteiger partial charge in [0.2, 0.25) is 10.0 Å². The van der Waals surface area contributed by atoms with E-state index in [0.29, 0.717) is 22.4 Å². The summed E-state index contributed by atoms with van der Waals surface area (Å²) in [5.41, 5.74) is 0. The number of sulfonamides is 1. The standard InChI is InChI=1S/C13H12ClNO4S2/c14-12-5-6-13(20-12)21(16,17)15-7-9-8-18-10-3-1-2-4-11(10)19-9/h1-6,9,15H,7-8H2. The molecule has 0 amide bonds. The van der Waals surface area contributed by atoms with Crippen LogP contribution in [0, 0.1) is 0 Å². The lowest BCUT2D eigenvalue weighted by Crippen LogP contribution is -2.40. The van der Waals surface area contributed by atoms with Gasteiger partial charge in [-0.05, 0) is 24.3 Å². The Labute approximate surface area is 131 Å². The Bertz CT molecular complexity index is 744. The molecule has 0 radical (unpaired) electrons. The molecule has 0 saturated heterocycles. The highest BCUT2D eigenvalue weighted by atomic mass is 35.5. The van der Waals surface area contributed by atoms with E-state index >= 15 is 0 Å². The molecule has 0 spiro atoms. The van der Waals surface area contributed by atoms with Gasteiger partial charge >= 0.3 is 0 Å². The smallest absolute Gasteiger partial charge is 0.250 e. The molecule has 1 aromatic carbocycles. The quantitative estimate of drug-likeness (QED) is 0.924. The van der Waals surface area contributed by atoms with Gasteiger partial charge < -0.3 is 9.47 Å². The van der Waals surface area contributed by atoms with Gasteiger partial charge in [-0.2, -0.15) is 0 Å². The first-order chi connectivity index (χ1) is 10.0. The highest BCUT2D eigenvalue weighted by Gasteiger charge is 2.24. The number of hydrogen-bond donors (Lipinski definition) is 1. The average Bonchev–Trinajstić information content (AvgIpc) is 2.92. The minimum atomic E-state index is -3.57. The van der Waals surface area contributed by atoms with Crippen LogP contribution in [0.4, 0.5) is 0 Å². The molecule has 3 rings (SSSR count). The molecule has 1 aromatic heterocycles. The fraction of sp³-hybridized carbons (Fsp3) is 0.231. The Balaban J connectivity index is 1.64. The van der Waals surface area contributed by atoms with Crippen molar-refractivity contribution in [3.05, 3.63) is 40.7 Å². The number of halogens is 1. The molecule has 8 heteroatoms. The molecule has 5 nitrogen and oxygen atoms in total. The van der Waals surface area contributed by atoms with Gasteiger partial charge in [-0.25, -0.2) is 13.1 Å². The first-order valence-corrected chi connectivity index (χ1v) is 8.86. The lowest BCUT2D eigenvalue weighted by molar-refractivity contribution is 0.0943. The highest BCUT2D eigenvalue weighted by Crippen LogP contribution is 2.31. The summed E-state index contributed by atoms with van der Waals surface area (Å²) in [5, 5.41) is 0. The van der Waals surface area contributed by atoms with Gasteiger partial charge in [-0.1, -0.05) is 23.7 Å². The molecule has 1 aliphatic rings. The molecule has 1 N–H and O–H groups in total. The molecule has 0 aliphatic carbocycles. The Morgan fingerprint density at radius 2 is 2.00 bits per heavy atom. The Hall–Kier alpha value is -1.28. The molecule has 112 valence electrons. The molecule has 0 saturated carbocycles. The molecule has 2 heterocycles. The van der Waals surface area contributed by atoms with Crippen molar-refractivity contribution in [1.29, 1.82) is 0 Å². The zero-order chi connectivity index (χ0) is 14.9. The first kappa shape index (κ1) is 14.6.